The van der Waals surface area contributed by atoms with Crippen molar-refractivity contribution < 1.29 is 19.2 Å². The Morgan fingerprint density at radius 2 is 2.35 bits per heavy atom. The Hall–Kier alpha value is -1.56. The molecule has 1 aromatic heterocycles. The highest BCUT2D eigenvalue weighted by molar-refractivity contribution is 6.29. The second-order valence-electron chi connectivity index (χ2n) is 3.48. The summed E-state index contributed by atoms with van der Waals surface area (Å²) in [6, 6.07) is 0.671. The van der Waals surface area contributed by atoms with Gasteiger partial charge in [0.25, 0.3) is 0 Å². The molecule has 0 radical (unpaired) electrons. The normalized spacial score (nSPS) is 12.1. The molecule has 17 heavy (non-hydrogen) atoms. The Morgan fingerprint density at radius 1 is 1.65 bits per heavy atom. The fourth-order valence-electron chi connectivity index (χ4n) is 1.25. The van der Waals surface area contributed by atoms with Crippen LogP contribution in [0.1, 0.15) is 25.5 Å². The number of aliphatic carboxylic acids is 1. The number of nitrogens with zero attached hydrogens (tertiary/aromatic N) is 1. The third-order valence-electron chi connectivity index (χ3n) is 2.17. The third-order valence-corrected chi connectivity index (χ3v) is 2.35. The number of carboxylic acids is 1. The molecule has 0 aliphatic heterocycles. The Bertz CT molecular complexity index is 405. The summed E-state index contributed by atoms with van der Waals surface area (Å²) in [6.45, 7) is 1.69. The summed E-state index contributed by atoms with van der Waals surface area (Å²) in [5.74, 6) is -0.885. The van der Waals surface area contributed by atoms with Crippen LogP contribution in [-0.2, 0) is 16.0 Å². The minimum Gasteiger partial charge on any atom is -0.480 e. The van der Waals surface area contributed by atoms with Crippen molar-refractivity contribution in [3.05, 3.63) is 17.0 Å². The lowest BCUT2D eigenvalue weighted by atomic mass is 10.2. The van der Waals surface area contributed by atoms with E-state index in [1.807, 2.05) is 0 Å². The van der Waals surface area contributed by atoms with Crippen LogP contribution in [0.15, 0.2) is 10.6 Å². The van der Waals surface area contributed by atoms with E-state index in [1.54, 1.807) is 6.92 Å². The summed E-state index contributed by atoms with van der Waals surface area (Å²) in [5, 5.41) is 14.9. The summed E-state index contributed by atoms with van der Waals surface area (Å²) >= 11 is 5.54. The maximum Gasteiger partial charge on any atom is 0.326 e. The molecular weight excluding hydrogens is 248 g/mol. The van der Waals surface area contributed by atoms with Gasteiger partial charge in [-0.3, -0.25) is 4.79 Å². The van der Waals surface area contributed by atoms with Gasteiger partial charge < -0.3 is 14.9 Å². The standard InChI is InChI=1S/C10H13ClN2O4/c1-2-7(10(15)16)12-9(14)4-3-6-5-8(11)13-17-6/h5,7H,2-4H2,1H3,(H,12,14)(H,15,16)/t7-/m0/s1. The first kappa shape index (κ1) is 13.5. The lowest BCUT2D eigenvalue weighted by molar-refractivity contribution is -0.141. The Kier molecular flexibility index (Phi) is 4.96. The van der Waals surface area contributed by atoms with Crippen LogP contribution < -0.4 is 5.32 Å². The van der Waals surface area contributed by atoms with Gasteiger partial charge in [0.2, 0.25) is 5.91 Å². The summed E-state index contributed by atoms with van der Waals surface area (Å²) in [5.41, 5.74) is 0. The maximum absolute atomic E-state index is 11.4. The Labute approximate surface area is 103 Å². The number of nitrogens with one attached hydrogen (secondary N) is 1. The molecular formula is C10H13ClN2O4. The van der Waals surface area contributed by atoms with Crippen molar-refractivity contribution >= 4 is 23.5 Å². The smallest absolute Gasteiger partial charge is 0.326 e. The molecule has 0 aliphatic rings. The van der Waals surface area contributed by atoms with Crippen molar-refractivity contribution in [1.29, 1.82) is 0 Å². The van der Waals surface area contributed by atoms with Gasteiger partial charge in [-0.15, -0.1) is 0 Å². The summed E-state index contributed by atoms with van der Waals surface area (Å²) in [7, 11) is 0. The van der Waals surface area contributed by atoms with E-state index in [4.69, 9.17) is 21.2 Å². The number of halogens is 1. The molecule has 0 aromatic carbocycles. The maximum atomic E-state index is 11.4. The van der Waals surface area contributed by atoms with E-state index in [0.717, 1.165) is 0 Å². The van der Waals surface area contributed by atoms with E-state index in [-0.39, 0.29) is 17.5 Å². The molecule has 7 heteroatoms. The van der Waals surface area contributed by atoms with E-state index in [1.165, 1.54) is 6.07 Å². The second-order valence-corrected chi connectivity index (χ2v) is 3.87. The molecule has 0 saturated heterocycles. The molecule has 1 atom stereocenters. The predicted octanol–water partition coefficient (Wildman–Crippen LogP) is 1.24. The highest BCUT2D eigenvalue weighted by Crippen LogP contribution is 2.10. The molecule has 0 bridgehead atoms. The SMILES string of the molecule is CC[C@H](NC(=O)CCc1cc(Cl)no1)C(=O)O. The number of aryl methyl sites for hydroxylation is 1. The summed E-state index contributed by atoms with van der Waals surface area (Å²) in [4.78, 5) is 22.1. The molecule has 1 amide bonds. The van der Waals surface area contributed by atoms with Gasteiger partial charge in [0.15, 0.2) is 5.15 Å². The highest BCUT2D eigenvalue weighted by atomic mass is 35.5. The van der Waals surface area contributed by atoms with Crippen molar-refractivity contribution in [3.8, 4) is 0 Å². The van der Waals surface area contributed by atoms with E-state index in [0.29, 0.717) is 18.6 Å². The highest BCUT2D eigenvalue weighted by Gasteiger charge is 2.17. The minimum atomic E-state index is -1.04. The van der Waals surface area contributed by atoms with Crippen LogP contribution in [-0.4, -0.2) is 28.2 Å². The number of rotatable bonds is 6. The van der Waals surface area contributed by atoms with Gasteiger partial charge in [0.05, 0.1) is 0 Å². The molecule has 0 saturated carbocycles. The van der Waals surface area contributed by atoms with Gasteiger partial charge in [-0.05, 0) is 6.42 Å². The van der Waals surface area contributed by atoms with Crippen molar-refractivity contribution in [2.75, 3.05) is 0 Å². The van der Waals surface area contributed by atoms with Crippen molar-refractivity contribution in [1.82, 2.24) is 10.5 Å². The predicted molar refractivity (Wildman–Crippen MR) is 59.7 cm³/mol. The molecule has 1 aromatic rings. The van der Waals surface area contributed by atoms with Crippen LogP contribution in [0, 0.1) is 0 Å². The van der Waals surface area contributed by atoms with Crippen molar-refractivity contribution in [2.45, 2.75) is 32.2 Å². The van der Waals surface area contributed by atoms with E-state index in [9.17, 15) is 9.59 Å². The summed E-state index contributed by atoms with van der Waals surface area (Å²) in [6.07, 6.45) is 0.812. The number of amides is 1. The average molecular weight is 261 g/mol. The molecule has 0 spiro atoms. The van der Waals surface area contributed by atoms with Gasteiger partial charge in [-0.25, -0.2) is 4.79 Å². The van der Waals surface area contributed by atoms with Crippen LogP contribution in [0.3, 0.4) is 0 Å². The number of carboxylic acid groups (broad SMARTS) is 1. The van der Waals surface area contributed by atoms with Crippen LogP contribution >= 0.6 is 11.6 Å². The van der Waals surface area contributed by atoms with Crippen molar-refractivity contribution in [2.24, 2.45) is 0 Å². The first-order chi connectivity index (χ1) is 8.02. The first-order valence-corrected chi connectivity index (χ1v) is 5.54. The molecule has 0 aliphatic carbocycles. The first-order valence-electron chi connectivity index (χ1n) is 5.16. The zero-order valence-electron chi connectivity index (χ0n) is 9.27. The zero-order chi connectivity index (χ0) is 12.8. The number of carbonyl (C=O) groups excluding carboxylic acids is 1. The molecule has 0 unspecified atom stereocenters. The van der Waals surface area contributed by atoms with Gasteiger partial charge >= 0.3 is 5.97 Å². The topological polar surface area (TPSA) is 92.4 Å². The van der Waals surface area contributed by atoms with Gasteiger partial charge in [-0.2, -0.15) is 0 Å². The van der Waals surface area contributed by atoms with Crippen LogP contribution in [0.25, 0.3) is 0 Å². The van der Waals surface area contributed by atoms with E-state index >= 15 is 0 Å². The Morgan fingerprint density at radius 3 is 2.82 bits per heavy atom. The Balaban J connectivity index is 2.37. The summed E-state index contributed by atoms with van der Waals surface area (Å²) < 4.78 is 4.82. The fourth-order valence-corrected chi connectivity index (χ4v) is 1.40. The monoisotopic (exact) mass is 260 g/mol. The lowest BCUT2D eigenvalue weighted by Crippen LogP contribution is -2.40. The van der Waals surface area contributed by atoms with E-state index < -0.39 is 12.0 Å². The third kappa shape index (κ3) is 4.44. The molecule has 94 valence electrons. The largest absolute Gasteiger partial charge is 0.480 e. The molecule has 1 heterocycles. The molecule has 0 fully saturated rings. The van der Waals surface area contributed by atoms with Crippen molar-refractivity contribution in [3.63, 3.8) is 0 Å². The lowest BCUT2D eigenvalue weighted by Gasteiger charge is -2.11. The number of aromatic nitrogens is 1. The van der Waals surface area contributed by atoms with Crippen LogP contribution in [0.5, 0.6) is 0 Å². The average Bonchev–Trinajstić information content (AvgIpc) is 2.68. The van der Waals surface area contributed by atoms with Crippen LogP contribution in [0.2, 0.25) is 5.15 Å². The van der Waals surface area contributed by atoms with Gasteiger partial charge in [-0.1, -0.05) is 23.7 Å². The molecule has 1 rings (SSSR count). The number of hydrogen-bond acceptors (Lipinski definition) is 4. The molecule has 2 N–H and O–H groups in total. The second kappa shape index (κ2) is 6.24. The number of carbonyl (C=O) groups is 2. The van der Waals surface area contributed by atoms with Crippen LogP contribution in [0.4, 0.5) is 0 Å². The quantitative estimate of drug-likeness (QED) is 0.803. The minimum absolute atomic E-state index is 0.134. The zero-order valence-corrected chi connectivity index (χ0v) is 10.0. The molecule has 6 nitrogen and oxygen atoms in total. The fraction of sp³-hybridized carbons (Fsp3) is 0.500. The number of hydrogen-bond donors (Lipinski definition) is 2. The van der Waals surface area contributed by atoms with Gasteiger partial charge in [0, 0.05) is 18.9 Å². The van der Waals surface area contributed by atoms with Gasteiger partial charge in [0.1, 0.15) is 11.8 Å². The van der Waals surface area contributed by atoms with E-state index in [2.05, 4.69) is 10.5 Å².